The Balaban J connectivity index is 2.13. The third-order valence-electron chi connectivity index (χ3n) is 3.85. The predicted octanol–water partition coefficient (Wildman–Crippen LogP) is 2.64. The highest BCUT2D eigenvalue weighted by atomic mass is 16.2. The van der Waals surface area contributed by atoms with Crippen molar-refractivity contribution in [1.82, 2.24) is 4.90 Å². The average Bonchev–Trinajstić information content (AvgIpc) is 2.54. The van der Waals surface area contributed by atoms with Gasteiger partial charge in [0.1, 0.15) is 6.04 Å². The van der Waals surface area contributed by atoms with Crippen LogP contribution >= 0.6 is 0 Å². The van der Waals surface area contributed by atoms with Gasteiger partial charge in [-0.1, -0.05) is 29.8 Å². The van der Waals surface area contributed by atoms with Crippen molar-refractivity contribution >= 4 is 17.5 Å². The number of nitrogens with one attached hydrogen (secondary N) is 1. The monoisotopic (exact) mass is 325 g/mol. The Labute approximate surface area is 142 Å². The Bertz CT molecular complexity index is 752. The molecule has 5 nitrogen and oxygen atoms in total. The molecule has 0 aliphatic heterocycles. The first-order chi connectivity index (χ1) is 11.3. The number of nitrogens with two attached hydrogens (primary N) is 1. The summed E-state index contributed by atoms with van der Waals surface area (Å²) in [7, 11) is 3.41. The molecule has 0 aliphatic carbocycles. The average molecular weight is 325 g/mol. The van der Waals surface area contributed by atoms with Gasteiger partial charge in [0, 0.05) is 25.3 Å². The van der Waals surface area contributed by atoms with E-state index in [1.54, 1.807) is 32.3 Å². The summed E-state index contributed by atoms with van der Waals surface area (Å²) in [6, 6.07) is 12.0. The fourth-order valence-electron chi connectivity index (χ4n) is 2.37. The lowest BCUT2D eigenvalue weighted by atomic mass is 10.0. The van der Waals surface area contributed by atoms with Gasteiger partial charge in [-0.15, -0.1) is 0 Å². The summed E-state index contributed by atoms with van der Waals surface area (Å²) in [6.45, 7) is 3.82. The Kier molecular flexibility index (Phi) is 5.36. The zero-order chi connectivity index (χ0) is 17.9. The van der Waals surface area contributed by atoms with Gasteiger partial charge < -0.3 is 16.0 Å². The number of anilines is 1. The van der Waals surface area contributed by atoms with E-state index in [0.717, 1.165) is 16.7 Å². The first kappa shape index (κ1) is 17.7. The topological polar surface area (TPSA) is 75.4 Å². The SMILES string of the molecule is Cc1ccc(C(N)C(=O)Nc2ccc(C(=O)N(C)C)c(C)c2)cc1. The lowest BCUT2D eigenvalue weighted by Crippen LogP contribution is -2.28. The Morgan fingerprint density at radius 3 is 2.21 bits per heavy atom. The van der Waals surface area contributed by atoms with Gasteiger partial charge in [0.25, 0.3) is 5.91 Å². The Morgan fingerprint density at radius 1 is 1.04 bits per heavy atom. The highest BCUT2D eigenvalue weighted by Gasteiger charge is 2.17. The first-order valence-electron chi connectivity index (χ1n) is 7.75. The molecule has 2 aromatic rings. The molecule has 24 heavy (non-hydrogen) atoms. The fraction of sp³-hybridized carbons (Fsp3) is 0.263. The van der Waals surface area contributed by atoms with Crippen LogP contribution in [0.15, 0.2) is 42.5 Å². The van der Waals surface area contributed by atoms with E-state index in [9.17, 15) is 9.59 Å². The number of nitrogens with zero attached hydrogens (tertiary/aromatic N) is 1. The molecule has 2 aromatic carbocycles. The van der Waals surface area contributed by atoms with E-state index in [4.69, 9.17) is 5.73 Å². The lowest BCUT2D eigenvalue weighted by Gasteiger charge is -2.15. The molecule has 126 valence electrons. The summed E-state index contributed by atoms with van der Waals surface area (Å²) >= 11 is 0. The zero-order valence-electron chi connectivity index (χ0n) is 14.5. The normalized spacial score (nSPS) is 11.7. The molecule has 5 heteroatoms. The van der Waals surface area contributed by atoms with Gasteiger partial charge in [-0.25, -0.2) is 0 Å². The summed E-state index contributed by atoms with van der Waals surface area (Å²) < 4.78 is 0. The summed E-state index contributed by atoms with van der Waals surface area (Å²) in [4.78, 5) is 25.9. The molecule has 3 N–H and O–H groups in total. The number of carbonyl (C=O) groups excluding carboxylic acids is 2. The number of benzene rings is 2. The molecule has 0 saturated carbocycles. The molecular formula is C19H23N3O2. The quantitative estimate of drug-likeness (QED) is 0.907. The maximum Gasteiger partial charge on any atom is 0.253 e. The summed E-state index contributed by atoms with van der Waals surface area (Å²) in [5.41, 5.74) is 9.93. The second-order valence-electron chi connectivity index (χ2n) is 6.11. The molecule has 1 atom stereocenters. The number of amides is 2. The molecule has 0 aromatic heterocycles. The predicted molar refractivity (Wildman–Crippen MR) is 95.9 cm³/mol. The highest BCUT2D eigenvalue weighted by molar-refractivity contribution is 5.98. The van der Waals surface area contributed by atoms with Crippen molar-refractivity contribution in [2.75, 3.05) is 19.4 Å². The number of carbonyl (C=O) groups is 2. The van der Waals surface area contributed by atoms with Crippen LogP contribution in [0.2, 0.25) is 0 Å². The highest BCUT2D eigenvalue weighted by Crippen LogP contribution is 2.19. The largest absolute Gasteiger partial charge is 0.345 e. The first-order valence-corrected chi connectivity index (χ1v) is 7.75. The number of aryl methyl sites for hydroxylation is 2. The zero-order valence-corrected chi connectivity index (χ0v) is 14.5. The minimum atomic E-state index is -0.742. The van der Waals surface area contributed by atoms with Crippen LogP contribution < -0.4 is 11.1 Å². The van der Waals surface area contributed by atoms with E-state index < -0.39 is 6.04 Å². The minimum absolute atomic E-state index is 0.0678. The van der Waals surface area contributed by atoms with Crippen molar-refractivity contribution in [3.63, 3.8) is 0 Å². The molecule has 1 unspecified atom stereocenters. The standard InChI is InChI=1S/C19H23N3O2/c1-12-5-7-14(8-6-12)17(20)18(23)21-15-9-10-16(13(2)11-15)19(24)22(3)4/h5-11,17H,20H2,1-4H3,(H,21,23). The van der Waals surface area contributed by atoms with E-state index in [2.05, 4.69) is 5.32 Å². The smallest absolute Gasteiger partial charge is 0.253 e. The van der Waals surface area contributed by atoms with E-state index in [0.29, 0.717) is 11.3 Å². The van der Waals surface area contributed by atoms with Crippen LogP contribution in [0.3, 0.4) is 0 Å². The van der Waals surface area contributed by atoms with Gasteiger partial charge >= 0.3 is 0 Å². The van der Waals surface area contributed by atoms with Gasteiger partial charge in [0.2, 0.25) is 5.91 Å². The van der Waals surface area contributed by atoms with Gasteiger partial charge in [-0.2, -0.15) is 0 Å². The van der Waals surface area contributed by atoms with Gasteiger partial charge in [-0.05, 0) is 43.2 Å². The number of rotatable bonds is 4. The Morgan fingerprint density at radius 2 is 1.67 bits per heavy atom. The molecule has 0 saturated heterocycles. The molecule has 2 amide bonds. The third-order valence-corrected chi connectivity index (χ3v) is 3.85. The van der Waals surface area contributed by atoms with Crippen LogP contribution in [-0.4, -0.2) is 30.8 Å². The molecule has 0 spiro atoms. The molecular weight excluding hydrogens is 302 g/mol. The van der Waals surface area contributed by atoms with Gasteiger partial charge in [0.05, 0.1) is 0 Å². The number of hydrogen-bond donors (Lipinski definition) is 2. The third kappa shape index (κ3) is 4.00. The van der Waals surface area contributed by atoms with E-state index >= 15 is 0 Å². The second kappa shape index (κ2) is 7.27. The van der Waals surface area contributed by atoms with Crippen molar-refractivity contribution in [3.05, 3.63) is 64.7 Å². The molecule has 0 bridgehead atoms. The van der Waals surface area contributed by atoms with E-state index in [-0.39, 0.29) is 11.8 Å². The van der Waals surface area contributed by atoms with Gasteiger partial charge in [0.15, 0.2) is 0 Å². The van der Waals surface area contributed by atoms with Crippen molar-refractivity contribution in [2.24, 2.45) is 5.73 Å². The van der Waals surface area contributed by atoms with Crippen LogP contribution in [-0.2, 0) is 4.79 Å². The van der Waals surface area contributed by atoms with Crippen LogP contribution in [0.25, 0.3) is 0 Å². The number of hydrogen-bond acceptors (Lipinski definition) is 3. The van der Waals surface area contributed by atoms with Crippen LogP contribution in [0.1, 0.15) is 33.1 Å². The molecule has 0 aliphatic rings. The lowest BCUT2D eigenvalue weighted by molar-refractivity contribution is -0.117. The maximum atomic E-state index is 12.3. The van der Waals surface area contributed by atoms with Gasteiger partial charge in [-0.3, -0.25) is 9.59 Å². The summed E-state index contributed by atoms with van der Waals surface area (Å²) in [6.07, 6.45) is 0. The minimum Gasteiger partial charge on any atom is -0.345 e. The summed E-state index contributed by atoms with van der Waals surface area (Å²) in [5.74, 6) is -0.355. The molecule has 2 rings (SSSR count). The van der Waals surface area contributed by atoms with Crippen LogP contribution in [0, 0.1) is 13.8 Å². The van der Waals surface area contributed by atoms with Crippen LogP contribution in [0.4, 0.5) is 5.69 Å². The van der Waals surface area contributed by atoms with E-state index in [1.807, 2.05) is 38.1 Å². The maximum absolute atomic E-state index is 12.3. The molecule has 0 heterocycles. The van der Waals surface area contributed by atoms with Crippen molar-refractivity contribution in [3.8, 4) is 0 Å². The van der Waals surface area contributed by atoms with E-state index in [1.165, 1.54) is 4.90 Å². The van der Waals surface area contributed by atoms with Crippen molar-refractivity contribution in [2.45, 2.75) is 19.9 Å². The summed E-state index contributed by atoms with van der Waals surface area (Å²) in [5, 5.41) is 2.80. The Hall–Kier alpha value is -2.66. The fourth-order valence-corrected chi connectivity index (χ4v) is 2.37. The molecule has 0 radical (unpaired) electrons. The van der Waals surface area contributed by atoms with Crippen LogP contribution in [0.5, 0.6) is 0 Å². The second-order valence-corrected chi connectivity index (χ2v) is 6.11. The van der Waals surface area contributed by atoms with Crippen molar-refractivity contribution in [1.29, 1.82) is 0 Å². The molecule has 0 fully saturated rings. The van der Waals surface area contributed by atoms with Crippen molar-refractivity contribution < 1.29 is 9.59 Å².